The Morgan fingerprint density at radius 3 is 2.62 bits per heavy atom. The average Bonchev–Trinajstić information content (AvgIpc) is 2.52. The molecule has 2 rings (SSSR count). The van der Waals surface area contributed by atoms with E-state index in [9.17, 15) is 0 Å². The van der Waals surface area contributed by atoms with E-state index < -0.39 is 0 Å². The fraction of sp³-hybridized carbons (Fsp3) is 0.647. The smallest absolute Gasteiger partial charge is 0.145 e. The van der Waals surface area contributed by atoms with Crippen LogP contribution in [0.1, 0.15) is 27.2 Å². The van der Waals surface area contributed by atoms with Gasteiger partial charge >= 0.3 is 0 Å². The molecule has 0 amide bonds. The predicted molar refractivity (Wildman–Crippen MR) is 87.6 cm³/mol. The van der Waals surface area contributed by atoms with E-state index >= 15 is 0 Å². The van der Waals surface area contributed by atoms with Gasteiger partial charge in [-0.3, -0.25) is 0 Å². The number of methoxy groups -OCH3 is 2. The van der Waals surface area contributed by atoms with Crippen molar-refractivity contribution < 1.29 is 9.47 Å². The van der Waals surface area contributed by atoms with Crippen molar-refractivity contribution in [2.75, 3.05) is 32.2 Å². The molecule has 0 aliphatic carbocycles. The van der Waals surface area contributed by atoms with Crippen LogP contribution < -0.4 is 19.7 Å². The summed E-state index contributed by atoms with van der Waals surface area (Å²) in [5.74, 6) is 2.32. The molecule has 3 unspecified atom stereocenters. The van der Waals surface area contributed by atoms with Gasteiger partial charge in [0.2, 0.25) is 0 Å². The first-order valence-corrected chi connectivity index (χ1v) is 7.84. The molecule has 1 N–H and O–H groups in total. The van der Waals surface area contributed by atoms with Crippen LogP contribution in [0.3, 0.4) is 0 Å². The largest absolute Gasteiger partial charge is 0.497 e. The van der Waals surface area contributed by atoms with Crippen molar-refractivity contribution in [2.45, 2.75) is 39.3 Å². The van der Waals surface area contributed by atoms with Crippen LogP contribution in [0.2, 0.25) is 0 Å². The number of piperidine rings is 1. The minimum atomic E-state index is 0.477. The fourth-order valence-corrected chi connectivity index (χ4v) is 3.28. The van der Waals surface area contributed by atoms with Crippen molar-refractivity contribution in [1.29, 1.82) is 0 Å². The third kappa shape index (κ3) is 3.26. The molecule has 21 heavy (non-hydrogen) atoms. The third-order valence-electron chi connectivity index (χ3n) is 4.73. The van der Waals surface area contributed by atoms with Crippen LogP contribution in [0, 0.1) is 5.92 Å². The second-order valence-corrected chi connectivity index (χ2v) is 5.78. The topological polar surface area (TPSA) is 33.7 Å². The average molecular weight is 292 g/mol. The Balaban J connectivity index is 2.22. The highest BCUT2D eigenvalue weighted by Crippen LogP contribution is 2.37. The van der Waals surface area contributed by atoms with Crippen molar-refractivity contribution >= 4 is 5.69 Å². The van der Waals surface area contributed by atoms with E-state index in [0.717, 1.165) is 36.7 Å². The SMILES string of the molecule is CCNC1CCN(c2ccc(OC)cc2OC)C(C)C1C. The summed E-state index contributed by atoms with van der Waals surface area (Å²) in [6.07, 6.45) is 1.16. The maximum absolute atomic E-state index is 5.56. The highest BCUT2D eigenvalue weighted by atomic mass is 16.5. The first-order chi connectivity index (χ1) is 10.1. The normalized spacial score (nSPS) is 25.8. The number of ether oxygens (including phenoxy) is 2. The number of hydrogen-bond acceptors (Lipinski definition) is 4. The highest BCUT2D eigenvalue weighted by Gasteiger charge is 2.33. The molecule has 3 atom stereocenters. The quantitative estimate of drug-likeness (QED) is 0.905. The Labute approximate surface area is 128 Å². The predicted octanol–water partition coefficient (Wildman–Crippen LogP) is 2.92. The summed E-state index contributed by atoms with van der Waals surface area (Å²) in [4.78, 5) is 2.46. The van der Waals surface area contributed by atoms with Crippen molar-refractivity contribution in [3.63, 3.8) is 0 Å². The molecule has 118 valence electrons. The van der Waals surface area contributed by atoms with E-state index in [0.29, 0.717) is 18.0 Å². The molecule has 0 spiro atoms. The molecule has 4 heteroatoms. The zero-order valence-corrected chi connectivity index (χ0v) is 13.8. The molecule has 0 radical (unpaired) electrons. The molecule has 1 fully saturated rings. The summed E-state index contributed by atoms with van der Waals surface area (Å²) in [5, 5.41) is 3.61. The second kappa shape index (κ2) is 7.03. The van der Waals surface area contributed by atoms with Crippen LogP contribution >= 0.6 is 0 Å². The molecule has 0 saturated carbocycles. The van der Waals surface area contributed by atoms with Gasteiger partial charge in [0.15, 0.2) is 0 Å². The van der Waals surface area contributed by atoms with Crippen LogP contribution in [-0.2, 0) is 0 Å². The molecular formula is C17H28N2O2. The van der Waals surface area contributed by atoms with Crippen molar-refractivity contribution in [3.8, 4) is 11.5 Å². The first-order valence-electron chi connectivity index (χ1n) is 7.84. The Morgan fingerprint density at radius 2 is 2.00 bits per heavy atom. The minimum Gasteiger partial charge on any atom is -0.497 e. The Bertz CT molecular complexity index is 464. The molecule has 0 aromatic heterocycles. The van der Waals surface area contributed by atoms with E-state index in [1.165, 1.54) is 0 Å². The third-order valence-corrected chi connectivity index (χ3v) is 4.73. The molecular weight excluding hydrogens is 264 g/mol. The Hall–Kier alpha value is -1.42. The van der Waals surface area contributed by atoms with E-state index in [1.807, 2.05) is 12.1 Å². The second-order valence-electron chi connectivity index (χ2n) is 5.78. The van der Waals surface area contributed by atoms with Crippen LogP contribution in [0.4, 0.5) is 5.69 Å². The summed E-state index contributed by atoms with van der Waals surface area (Å²) in [7, 11) is 3.40. The van der Waals surface area contributed by atoms with Gasteiger partial charge in [0.1, 0.15) is 11.5 Å². The zero-order valence-electron chi connectivity index (χ0n) is 13.8. The fourth-order valence-electron chi connectivity index (χ4n) is 3.28. The summed E-state index contributed by atoms with van der Waals surface area (Å²) in [6, 6.07) is 7.15. The number of rotatable bonds is 5. The van der Waals surface area contributed by atoms with Gasteiger partial charge in [-0.1, -0.05) is 13.8 Å². The van der Waals surface area contributed by atoms with E-state index in [2.05, 4.69) is 37.1 Å². The molecule has 4 nitrogen and oxygen atoms in total. The molecule has 1 aliphatic rings. The summed E-state index contributed by atoms with van der Waals surface area (Å²) in [5.41, 5.74) is 1.16. The number of nitrogens with zero attached hydrogens (tertiary/aromatic N) is 1. The number of anilines is 1. The molecule has 1 aromatic rings. The maximum atomic E-state index is 5.56. The number of benzene rings is 1. The molecule has 1 heterocycles. The summed E-state index contributed by atoms with van der Waals surface area (Å²) in [6.45, 7) is 8.90. The van der Waals surface area contributed by atoms with Gasteiger partial charge in [-0.15, -0.1) is 0 Å². The highest BCUT2D eigenvalue weighted by molar-refractivity contribution is 5.62. The van der Waals surface area contributed by atoms with Gasteiger partial charge in [0, 0.05) is 24.7 Å². The van der Waals surface area contributed by atoms with E-state index in [1.54, 1.807) is 14.2 Å². The lowest BCUT2D eigenvalue weighted by atomic mass is 9.86. The molecule has 1 aromatic carbocycles. The van der Waals surface area contributed by atoms with Gasteiger partial charge in [0.05, 0.1) is 19.9 Å². The van der Waals surface area contributed by atoms with E-state index in [4.69, 9.17) is 9.47 Å². The summed E-state index contributed by atoms with van der Waals surface area (Å²) >= 11 is 0. The zero-order chi connectivity index (χ0) is 15.4. The van der Waals surface area contributed by atoms with Gasteiger partial charge < -0.3 is 19.7 Å². The lowest BCUT2D eigenvalue weighted by Gasteiger charge is -2.44. The van der Waals surface area contributed by atoms with Crippen molar-refractivity contribution in [1.82, 2.24) is 5.32 Å². The maximum Gasteiger partial charge on any atom is 0.145 e. The lowest BCUT2D eigenvalue weighted by Crippen LogP contribution is -2.53. The van der Waals surface area contributed by atoms with Crippen LogP contribution in [0.25, 0.3) is 0 Å². The van der Waals surface area contributed by atoms with Crippen LogP contribution in [0.15, 0.2) is 18.2 Å². The van der Waals surface area contributed by atoms with Crippen LogP contribution in [0.5, 0.6) is 11.5 Å². The molecule has 0 bridgehead atoms. The minimum absolute atomic E-state index is 0.477. The summed E-state index contributed by atoms with van der Waals surface area (Å²) < 4.78 is 10.8. The molecule has 1 aliphatic heterocycles. The lowest BCUT2D eigenvalue weighted by molar-refractivity contribution is 0.272. The first kappa shape index (κ1) is 16.0. The number of hydrogen-bond donors (Lipinski definition) is 1. The Morgan fingerprint density at radius 1 is 1.24 bits per heavy atom. The van der Waals surface area contributed by atoms with Gasteiger partial charge in [-0.05, 0) is 37.9 Å². The van der Waals surface area contributed by atoms with Gasteiger partial charge in [-0.25, -0.2) is 0 Å². The van der Waals surface area contributed by atoms with Crippen LogP contribution in [-0.4, -0.2) is 39.4 Å². The van der Waals surface area contributed by atoms with E-state index in [-0.39, 0.29) is 0 Å². The number of nitrogens with one attached hydrogen (secondary N) is 1. The van der Waals surface area contributed by atoms with Crippen molar-refractivity contribution in [2.24, 2.45) is 5.92 Å². The molecule has 1 saturated heterocycles. The standard InChI is InChI=1S/C17H28N2O2/c1-6-18-15-9-10-19(13(3)12(15)2)16-8-7-14(20-4)11-17(16)21-5/h7-8,11-13,15,18H,6,9-10H2,1-5H3. The monoisotopic (exact) mass is 292 g/mol. The van der Waals surface area contributed by atoms with Gasteiger partial charge in [0.25, 0.3) is 0 Å². The Kier molecular flexibility index (Phi) is 5.34. The van der Waals surface area contributed by atoms with Crippen molar-refractivity contribution in [3.05, 3.63) is 18.2 Å². The van der Waals surface area contributed by atoms with Gasteiger partial charge in [-0.2, -0.15) is 0 Å².